The van der Waals surface area contributed by atoms with Crippen molar-refractivity contribution in [2.75, 3.05) is 7.05 Å². The summed E-state index contributed by atoms with van der Waals surface area (Å²) < 4.78 is 5.82. The van der Waals surface area contributed by atoms with Crippen molar-refractivity contribution in [3.63, 3.8) is 0 Å². The van der Waals surface area contributed by atoms with E-state index < -0.39 is 0 Å². The maximum atomic E-state index is 5.82. The normalized spacial score (nSPS) is 16.3. The molecule has 2 aromatic rings. The number of thiophene rings is 1. The van der Waals surface area contributed by atoms with Gasteiger partial charge in [0.05, 0.1) is 10.9 Å². The van der Waals surface area contributed by atoms with Crippen LogP contribution in [-0.4, -0.2) is 17.2 Å². The van der Waals surface area contributed by atoms with Gasteiger partial charge in [-0.15, -0.1) is 21.5 Å². The molecule has 1 N–H and O–H groups in total. The summed E-state index contributed by atoms with van der Waals surface area (Å²) in [7, 11) is 1.92. The molecule has 0 spiro atoms. The minimum atomic E-state index is 0.149. The smallest absolute Gasteiger partial charge is 0.257 e. The molecule has 1 atom stereocenters. The molecule has 1 unspecified atom stereocenters. The zero-order valence-electron chi connectivity index (χ0n) is 11.4. The second-order valence-electron chi connectivity index (χ2n) is 4.96. The molecule has 1 aliphatic carbocycles. The van der Waals surface area contributed by atoms with E-state index in [0.717, 1.165) is 11.3 Å². The Morgan fingerprint density at radius 3 is 2.95 bits per heavy atom. The highest BCUT2D eigenvalue weighted by Gasteiger charge is 2.19. The quantitative estimate of drug-likeness (QED) is 0.931. The Bertz CT molecular complexity index is 533. The van der Waals surface area contributed by atoms with Crippen LogP contribution in [-0.2, 0) is 12.8 Å². The predicted molar refractivity (Wildman–Crippen MR) is 76.3 cm³/mol. The number of hydrogen-bond acceptors (Lipinski definition) is 5. The van der Waals surface area contributed by atoms with Crippen molar-refractivity contribution in [3.8, 4) is 10.8 Å². The Morgan fingerprint density at radius 1 is 1.37 bits per heavy atom. The standard InChI is InChI=1S/C14H19N3OS/c1-3-10(15-2)13-16-17-14(18-13)12-8-9-6-4-5-7-11(9)19-12/h8,10,15H,3-7H2,1-2H3. The summed E-state index contributed by atoms with van der Waals surface area (Å²) in [5.74, 6) is 1.36. The molecule has 0 aromatic carbocycles. The lowest BCUT2D eigenvalue weighted by atomic mass is 9.99. The number of aromatic nitrogens is 2. The van der Waals surface area contributed by atoms with E-state index in [0.29, 0.717) is 11.8 Å². The summed E-state index contributed by atoms with van der Waals surface area (Å²) in [6.07, 6.45) is 5.95. The fourth-order valence-electron chi connectivity index (χ4n) is 2.57. The molecule has 1 aliphatic rings. The third-order valence-electron chi connectivity index (χ3n) is 3.70. The lowest BCUT2D eigenvalue weighted by Crippen LogP contribution is -2.15. The minimum Gasteiger partial charge on any atom is -0.418 e. The van der Waals surface area contributed by atoms with Gasteiger partial charge in [0.25, 0.3) is 5.89 Å². The van der Waals surface area contributed by atoms with Gasteiger partial charge >= 0.3 is 0 Å². The SMILES string of the molecule is CCC(NC)c1nnc(-c2cc3c(s2)CCCC3)o1. The summed E-state index contributed by atoms with van der Waals surface area (Å²) in [5, 5.41) is 11.6. The lowest BCUT2D eigenvalue weighted by molar-refractivity contribution is 0.415. The fraction of sp³-hybridized carbons (Fsp3) is 0.571. The molecule has 0 aliphatic heterocycles. The van der Waals surface area contributed by atoms with E-state index in [2.05, 4.69) is 28.5 Å². The van der Waals surface area contributed by atoms with Gasteiger partial charge in [-0.2, -0.15) is 0 Å². The monoisotopic (exact) mass is 277 g/mol. The molecule has 102 valence electrons. The van der Waals surface area contributed by atoms with Gasteiger partial charge in [0, 0.05) is 4.88 Å². The number of aryl methyl sites for hydroxylation is 2. The average molecular weight is 277 g/mol. The molecule has 2 aromatic heterocycles. The fourth-order valence-corrected chi connectivity index (χ4v) is 3.75. The zero-order chi connectivity index (χ0) is 13.2. The van der Waals surface area contributed by atoms with Crippen LogP contribution in [0.15, 0.2) is 10.5 Å². The Labute approximate surface area is 117 Å². The Balaban J connectivity index is 1.88. The largest absolute Gasteiger partial charge is 0.418 e. The van der Waals surface area contributed by atoms with Crippen molar-refractivity contribution >= 4 is 11.3 Å². The first-order valence-electron chi connectivity index (χ1n) is 6.94. The van der Waals surface area contributed by atoms with E-state index in [1.807, 2.05) is 18.4 Å². The van der Waals surface area contributed by atoms with Gasteiger partial charge in [-0.3, -0.25) is 0 Å². The van der Waals surface area contributed by atoms with E-state index >= 15 is 0 Å². The highest BCUT2D eigenvalue weighted by molar-refractivity contribution is 7.15. The van der Waals surface area contributed by atoms with Crippen molar-refractivity contribution in [1.82, 2.24) is 15.5 Å². The summed E-state index contributed by atoms with van der Waals surface area (Å²) >= 11 is 1.81. The van der Waals surface area contributed by atoms with Crippen molar-refractivity contribution < 1.29 is 4.42 Å². The van der Waals surface area contributed by atoms with Crippen LogP contribution in [0, 0.1) is 0 Å². The van der Waals surface area contributed by atoms with Crippen LogP contribution in [0.2, 0.25) is 0 Å². The van der Waals surface area contributed by atoms with Crippen LogP contribution < -0.4 is 5.32 Å². The van der Waals surface area contributed by atoms with E-state index in [1.165, 1.54) is 36.1 Å². The first-order chi connectivity index (χ1) is 9.31. The molecule has 0 saturated carbocycles. The maximum Gasteiger partial charge on any atom is 0.257 e. The second kappa shape index (κ2) is 5.43. The van der Waals surface area contributed by atoms with Gasteiger partial charge in [0.2, 0.25) is 5.89 Å². The predicted octanol–water partition coefficient (Wildman–Crippen LogP) is 3.35. The van der Waals surface area contributed by atoms with Gasteiger partial charge in [-0.05, 0) is 50.8 Å². The van der Waals surface area contributed by atoms with Gasteiger partial charge in [0.1, 0.15) is 0 Å². The molecule has 5 heteroatoms. The van der Waals surface area contributed by atoms with Crippen molar-refractivity contribution in [3.05, 3.63) is 22.4 Å². The first kappa shape index (κ1) is 12.8. The zero-order valence-corrected chi connectivity index (χ0v) is 12.2. The Kier molecular flexibility index (Phi) is 3.66. The van der Waals surface area contributed by atoms with Crippen LogP contribution in [0.5, 0.6) is 0 Å². The number of nitrogens with zero attached hydrogens (tertiary/aromatic N) is 2. The van der Waals surface area contributed by atoms with Gasteiger partial charge < -0.3 is 9.73 Å². The Morgan fingerprint density at radius 2 is 2.21 bits per heavy atom. The molecule has 0 fully saturated rings. The van der Waals surface area contributed by atoms with Crippen LogP contribution >= 0.6 is 11.3 Å². The third kappa shape index (κ3) is 2.44. The number of nitrogens with one attached hydrogen (secondary N) is 1. The van der Waals surface area contributed by atoms with E-state index in [9.17, 15) is 0 Å². The second-order valence-corrected chi connectivity index (χ2v) is 6.10. The van der Waals surface area contributed by atoms with Crippen LogP contribution in [0.4, 0.5) is 0 Å². The van der Waals surface area contributed by atoms with Crippen LogP contribution in [0.1, 0.15) is 48.6 Å². The molecule has 2 heterocycles. The summed E-state index contributed by atoms with van der Waals surface area (Å²) in [6.45, 7) is 2.11. The third-order valence-corrected chi connectivity index (χ3v) is 4.93. The summed E-state index contributed by atoms with van der Waals surface area (Å²) in [5.41, 5.74) is 1.48. The molecule has 0 saturated heterocycles. The van der Waals surface area contributed by atoms with Crippen molar-refractivity contribution in [2.45, 2.75) is 45.1 Å². The number of rotatable bonds is 4. The Hall–Kier alpha value is -1.20. The highest BCUT2D eigenvalue weighted by Crippen LogP contribution is 2.35. The summed E-state index contributed by atoms with van der Waals surface area (Å²) in [6, 6.07) is 2.38. The first-order valence-corrected chi connectivity index (χ1v) is 7.76. The van der Waals surface area contributed by atoms with Crippen molar-refractivity contribution in [1.29, 1.82) is 0 Å². The molecular formula is C14H19N3OS. The molecule has 3 rings (SSSR count). The lowest BCUT2D eigenvalue weighted by Gasteiger charge is -2.08. The summed E-state index contributed by atoms with van der Waals surface area (Å²) in [4.78, 5) is 2.62. The average Bonchev–Trinajstić information content (AvgIpc) is 3.06. The van der Waals surface area contributed by atoms with Gasteiger partial charge in [-0.25, -0.2) is 0 Å². The molecule has 0 radical (unpaired) electrons. The molecular weight excluding hydrogens is 258 g/mol. The van der Waals surface area contributed by atoms with E-state index in [-0.39, 0.29) is 6.04 Å². The van der Waals surface area contributed by atoms with Crippen LogP contribution in [0.25, 0.3) is 10.8 Å². The number of fused-ring (bicyclic) bond motifs is 1. The van der Waals surface area contributed by atoms with Crippen LogP contribution in [0.3, 0.4) is 0 Å². The number of hydrogen-bond donors (Lipinski definition) is 1. The minimum absolute atomic E-state index is 0.149. The molecule has 0 bridgehead atoms. The molecule has 0 amide bonds. The molecule has 19 heavy (non-hydrogen) atoms. The van der Waals surface area contributed by atoms with Gasteiger partial charge in [-0.1, -0.05) is 6.92 Å². The topological polar surface area (TPSA) is 51.0 Å². The maximum absolute atomic E-state index is 5.82. The molecule has 4 nitrogen and oxygen atoms in total. The van der Waals surface area contributed by atoms with E-state index in [4.69, 9.17) is 4.42 Å². The van der Waals surface area contributed by atoms with Crippen molar-refractivity contribution in [2.24, 2.45) is 0 Å². The highest BCUT2D eigenvalue weighted by atomic mass is 32.1. The van der Waals surface area contributed by atoms with E-state index in [1.54, 1.807) is 0 Å². The van der Waals surface area contributed by atoms with Gasteiger partial charge in [0.15, 0.2) is 0 Å².